The van der Waals surface area contributed by atoms with Gasteiger partial charge in [0.2, 0.25) is 5.91 Å². The molecule has 0 bridgehead atoms. The third-order valence-corrected chi connectivity index (χ3v) is 5.59. The largest absolute Gasteiger partial charge is 0.469 e. The van der Waals surface area contributed by atoms with Gasteiger partial charge < -0.3 is 14.6 Å². The summed E-state index contributed by atoms with van der Waals surface area (Å²) in [5.74, 6) is -0.673. The van der Waals surface area contributed by atoms with Gasteiger partial charge in [0.15, 0.2) is 5.43 Å². The molecular formula is C26H24N2O4. The molecule has 0 aliphatic carbocycles. The first-order valence-electron chi connectivity index (χ1n) is 10.4. The van der Waals surface area contributed by atoms with Crippen molar-refractivity contribution in [3.05, 3.63) is 94.1 Å². The van der Waals surface area contributed by atoms with Gasteiger partial charge in [-0.25, -0.2) is 0 Å². The lowest BCUT2D eigenvalue weighted by molar-refractivity contribution is -0.141. The summed E-state index contributed by atoms with van der Waals surface area (Å²) in [5, 5.41) is 4.09. The highest BCUT2D eigenvalue weighted by molar-refractivity contribution is 5.95. The van der Waals surface area contributed by atoms with E-state index < -0.39 is 12.0 Å². The van der Waals surface area contributed by atoms with Gasteiger partial charge in [0.25, 0.3) is 0 Å². The smallest absolute Gasteiger partial charge is 0.307 e. The molecule has 0 radical (unpaired) electrons. The number of rotatable bonds is 6. The Morgan fingerprint density at radius 2 is 1.47 bits per heavy atom. The zero-order valence-corrected chi connectivity index (χ0v) is 18.0. The minimum absolute atomic E-state index is 0.00480. The maximum Gasteiger partial charge on any atom is 0.307 e. The summed E-state index contributed by atoms with van der Waals surface area (Å²) >= 11 is 0. The van der Waals surface area contributed by atoms with Crippen LogP contribution in [0.5, 0.6) is 0 Å². The van der Waals surface area contributed by atoms with E-state index >= 15 is 0 Å². The molecule has 1 N–H and O–H groups in total. The molecule has 1 aromatic heterocycles. The van der Waals surface area contributed by atoms with E-state index in [0.717, 1.165) is 11.1 Å². The van der Waals surface area contributed by atoms with Crippen LogP contribution in [0.2, 0.25) is 0 Å². The minimum Gasteiger partial charge on any atom is -0.469 e. The van der Waals surface area contributed by atoms with Crippen molar-refractivity contribution in [3.8, 4) is 0 Å². The van der Waals surface area contributed by atoms with Gasteiger partial charge in [0, 0.05) is 10.8 Å². The van der Waals surface area contributed by atoms with Crippen molar-refractivity contribution < 1.29 is 14.3 Å². The number of fused-ring (bicyclic) bond motifs is 2. The Balaban J connectivity index is 1.70. The number of amides is 1. The second kappa shape index (κ2) is 9.06. The van der Waals surface area contributed by atoms with Gasteiger partial charge in [0.1, 0.15) is 6.54 Å². The van der Waals surface area contributed by atoms with Crippen molar-refractivity contribution in [1.82, 2.24) is 9.88 Å². The van der Waals surface area contributed by atoms with E-state index in [2.05, 4.69) is 5.32 Å². The Bertz CT molecular complexity index is 1300. The number of aromatic nitrogens is 1. The van der Waals surface area contributed by atoms with Crippen molar-refractivity contribution in [1.29, 1.82) is 0 Å². The molecule has 0 saturated carbocycles. The monoisotopic (exact) mass is 428 g/mol. The fraction of sp³-hybridized carbons (Fsp3) is 0.192. The molecule has 32 heavy (non-hydrogen) atoms. The molecule has 1 atom stereocenters. The Labute approximate surface area is 185 Å². The number of nitrogens with one attached hydrogen (secondary N) is 1. The number of pyridine rings is 1. The molecule has 4 rings (SSSR count). The van der Waals surface area contributed by atoms with Crippen molar-refractivity contribution in [2.75, 3.05) is 7.11 Å². The number of hydrogen-bond acceptors (Lipinski definition) is 4. The van der Waals surface area contributed by atoms with Gasteiger partial charge in [-0.05, 0) is 36.8 Å². The summed E-state index contributed by atoms with van der Waals surface area (Å²) in [6.07, 6.45) is 0.0248. The number of benzene rings is 3. The summed E-state index contributed by atoms with van der Waals surface area (Å²) in [4.78, 5) is 38.0. The average Bonchev–Trinajstić information content (AvgIpc) is 2.81. The Morgan fingerprint density at radius 1 is 0.906 bits per heavy atom. The summed E-state index contributed by atoms with van der Waals surface area (Å²) in [5.41, 5.74) is 3.22. The molecule has 0 aliphatic rings. The fourth-order valence-electron chi connectivity index (χ4n) is 3.93. The zero-order valence-electron chi connectivity index (χ0n) is 18.0. The number of aryl methyl sites for hydroxylation is 1. The molecule has 1 heterocycles. The normalized spacial score (nSPS) is 11.9. The highest BCUT2D eigenvalue weighted by atomic mass is 16.5. The van der Waals surface area contributed by atoms with Crippen molar-refractivity contribution in [3.63, 3.8) is 0 Å². The van der Waals surface area contributed by atoms with Crippen molar-refractivity contribution in [2.45, 2.75) is 25.9 Å². The second-order valence-corrected chi connectivity index (χ2v) is 7.76. The SMILES string of the molecule is COC(=O)C[C@H](NC(=O)Cn1c2ccccc2c(=O)c2ccccc21)c1ccc(C)cc1. The van der Waals surface area contributed by atoms with Crippen molar-refractivity contribution in [2.24, 2.45) is 0 Å². The molecule has 162 valence electrons. The van der Waals surface area contributed by atoms with E-state index in [4.69, 9.17) is 4.74 Å². The van der Waals surface area contributed by atoms with Crippen LogP contribution in [0.1, 0.15) is 23.6 Å². The molecule has 6 heteroatoms. The molecule has 6 nitrogen and oxygen atoms in total. The van der Waals surface area contributed by atoms with E-state index in [1.54, 1.807) is 12.1 Å². The molecule has 0 spiro atoms. The van der Waals surface area contributed by atoms with Crippen LogP contribution in [0, 0.1) is 6.92 Å². The highest BCUT2D eigenvalue weighted by Gasteiger charge is 2.20. The zero-order chi connectivity index (χ0) is 22.7. The number of nitrogens with zero attached hydrogens (tertiary/aromatic N) is 1. The van der Waals surface area contributed by atoms with E-state index in [-0.39, 0.29) is 24.3 Å². The quantitative estimate of drug-likeness (QED) is 0.373. The van der Waals surface area contributed by atoms with Gasteiger partial charge in [-0.1, -0.05) is 54.1 Å². The van der Waals surface area contributed by atoms with Gasteiger partial charge in [-0.2, -0.15) is 0 Å². The Hall–Kier alpha value is -3.93. The highest BCUT2D eigenvalue weighted by Crippen LogP contribution is 2.21. The minimum atomic E-state index is -0.521. The third-order valence-electron chi connectivity index (χ3n) is 5.59. The van der Waals surface area contributed by atoms with Gasteiger partial charge in [-0.15, -0.1) is 0 Å². The number of ether oxygens (including phenoxy) is 1. The van der Waals surface area contributed by atoms with Crippen LogP contribution in [0.25, 0.3) is 21.8 Å². The summed E-state index contributed by atoms with van der Waals surface area (Å²) in [7, 11) is 1.33. The van der Waals surface area contributed by atoms with Gasteiger partial charge in [-0.3, -0.25) is 14.4 Å². The predicted octanol–water partition coefficient (Wildman–Crippen LogP) is 3.88. The van der Waals surface area contributed by atoms with E-state index in [9.17, 15) is 14.4 Å². The summed E-state index contributed by atoms with van der Waals surface area (Å²) in [6, 6.07) is 21.7. The number of hydrogen-bond donors (Lipinski definition) is 1. The standard InChI is InChI=1S/C26H24N2O4/c1-17-11-13-18(14-12-17)21(15-25(30)32-2)27-24(29)16-28-22-9-5-3-7-19(22)26(31)20-8-4-6-10-23(20)28/h3-14,21H,15-16H2,1-2H3,(H,27,29)/t21-/m0/s1. The van der Waals surface area contributed by atoms with Crippen LogP contribution in [-0.4, -0.2) is 23.6 Å². The topological polar surface area (TPSA) is 77.4 Å². The molecular weight excluding hydrogens is 404 g/mol. The first kappa shape index (κ1) is 21.3. The fourth-order valence-corrected chi connectivity index (χ4v) is 3.93. The van der Waals surface area contributed by atoms with E-state index in [1.807, 2.05) is 72.2 Å². The summed E-state index contributed by atoms with van der Waals surface area (Å²) < 4.78 is 6.66. The molecule has 0 unspecified atom stereocenters. The number of carbonyl (C=O) groups excluding carboxylic acids is 2. The number of carbonyl (C=O) groups is 2. The number of esters is 1. The molecule has 3 aromatic carbocycles. The van der Waals surface area contributed by atoms with E-state index in [1.165, 1.54) is 7.11 Å². The lowest BCUT2D eigenvalue weighted by Crippen LogP contribution is -2.33. The first-order valence-corrected chi connectivity index (χ1v) is 10.4. The maximum absolute atomic E-state index is 13.1. The average molecular weight is 428 g/mol. The lowest BCUT2D eigenvalue weighted by atomic mass is 10.0. The Morgan fingerprint density at radius 3 is 2.03 bits per heavy atom. The molecule has 0 saturated heterocycles. The van der Waals surface area contributed by atoms with Gasteiger partial charge >= 0.3 is 5.97 Å². The van der Waals surface area contributed by atoms with Crippen LogP contribution in [0.3, 0.4) is 0 Å². The predicted molar refractivity (Wildman–Crippen MR) is 124 cm³/mol. The Kier molecular flexibility index (Phi) is 6.03. The van der Waals surface area contributed by atoms with E-state index in [0.29, 0.717) is 21.8 Å². The van der Waals surface area contributed by atoms with Crippen LogP contribution >= 0.6 is 0 Å². The van der Waals surface area contributed by atoms with Crippen LogP contribution in [-0.2, 0) is 20.9 Å². The molecule has 0 aliphatic heterocycles. The number of para-hydroxylation sites is 2. The summed E-state index contributed by atoms with van der Waals surface area (Å²) in [6.45, 7) is 1.98. The van der Waals surface area contributed by atoms with Crippen molar-refractivity contribution >= 4 is 33.7 Å². The number of methoxy groups -OCH3 is 1. The van der Waals surface area contributed by atoms with Crippen LogP contribution < -0.4 is 10.7 Å². The third kappa shape index (κ3) is 4.25. The second-order valence-electron chi connectivity index (χ2n) is 7.76. The molecule has 1 amide bonds. The maximum atomic E-state index is 13.1. The molecule has 0 fully saturated rings. The molecule has 4 aromatic rings. The lowest BCUT2D eigenvalue weighted by Gasteiger charge is -2.20. The first-order chi connectivity index (χ1) is 15.5. The van der Waals surface area contributed by atoms with Crippen LogP contribution in [0.4, 0.5) is 0 Å². The van der Waals surface area contributed by atoms with Crippen LogP contribution in [0.15, 0.2) is 77.6 Å². The van der Waals surface area contributed by atoms with Gasteiger partial charge in [0.05, 0.1) is 30.6 Å².